The summed E-state index contributed by atoms with van der Waals surface area (Å²) in [5, 5.41) is 4.85. The number of nitrogens with zero attached hydrogens (tertiary/aromatic N) is 5. The van der Waals surface area contributed by atoms with Gasteiger partial charge in [-0.25, -0.2) is 15.0 Å². The maximum atomic E-state index is 5.31. The van der Waals surface area contributed by atoms with Crippen LogP contribution in [0.5, 0.6) is 0 Å². The van der Waals surface area contributed by atoms with Gasteiger partial charge in [0.15, 0.2) is 17.5 Å². The Morgan fingerprint density at radius 2 is 0.588 bits per heavy atom. The summed E-state index contributed by atoms with van der Waals surface area (Å²) in [5.74, 6) is 1.83. The normalized spacial score (nSPS) is 11.5. The summed E-state index contributed by atoms with van der Waals surface area (Å²) in [7, 11) is 0. The Balaban J connectivity index is 0.975. The van der Waals surface area contributed by atoms with Crippen molar-refractivity contribution in [2.24, 2.45) is 0 Å². The molecule has 0 amide bonds. The van der Waals surface area contributed by atoms with Crippen molar-refractivity contribution in [3.63, 3.8) is 0 Å². The molecule has 0 bridgehead atoms. The average molecular weight is 868 g/mol. The first-order valence-corrected chi connectivity index (χ1v) is 23.0. The van der Waals surface area contributed by atoms with Crippen molar-refractivity contribution in [2.45, 2.75) is 0 Å². The van der Waals surface area contributed by atoms with Crippen LogP contribution in [-0.2, 0) is 0 Å². The second-order valence-electron chi connectivity index (χ2n) is 17.2. The van der Waals surface area contributed by atoms with E-state index in [-0.39, 0.29) is 0 Å². The second-order valence-corrected chi connectivity index (χ2v) is 17.2. The van der Waals surface area contributed by atoms with Crippen LogP contribution in [0.2, 0.25) is 0 Å². The van der Waals surface area contributed by atoms with Crippen molar-refractivity contribution in [2.75, 3.05) is 0 Å². The van der Waals surface area contributed by atoms with Crippen LogP contribution in [0.3, 0.4) is 0 Å². The number of hydrogen-bond acceptors (Lipinski definition) is 3. The SMILES string of the molecule is c1ccc(-c2cccc(-c3ccc(-n4c5ccccc5c5ccccc54)c(-c4ccc(-c5nc(-c6ccccc6)nc(-c6ccccc6-n6c7ccccc7c7ccccc76)n5)cc4)c3)c2)cc1. The van der Waals surface area contributed by atoms with Gasteiger partial charge >= 0.3 is 0 Å². The van der Waals surface area contributed by atoms with Gasteiger partial charge in [-0.05, 0) is 82.4 Å². The summed E-state index contributed by atoms with van der Waals surface area (Å²) in [6.07, 6.45) is 0. The molecule has 0 aliphatic carbocycles. The van der Waals surface area contributed by atoms with Crippen molar-refractivity contribution >= 4 is 43.6 Å². The zero-order chi connectivity index (χ0) is 45.0. The topological polar surface area (TPSA) is 48.5 Å². The number of benzene rings is 10. The molecule has 13 rings (SSSR count). The molecule has 0 saturated carbocycles. The third-order valence-corrected chi connectivity index (χ3v) is 13.2. The van der Waals surface area contributed by atoms with E-state index in [0.717, 1.165) is 72.4 Å². The summed E-state index contributed by atoms with van der Waals surface area (Å²) >= 11 is 0. The highest BCUT2D eigenvalue weighted by Crippen LogP contribution is 2.40. The lowest BCUT2D eigenvalue weighted by Crippen LogP contribution is -2.03. The highest BCUT2D eigenvalue weighted by Gasteiger charge is 2.21. The van der Waals surface area contributed by atoms with Crippen molar-refractivity contribution in [1.82, 2.24) is 24.1 Å². The minimum absolute atomic E-state index is 0.603. The van der Waals surface area contributed by atoms with Gasteiger partial charge in [0.05, 0.1) is 33.4 Å². The van der Waals surface area contributed by atoms with Crippen LogP contribution < -0.4 is 0 Å². The summed E-state index contributed by atoms with van der Waals surface area (Å²) < 4.78 is 4.75. The predicted octanol–water partition coefficient (Wildman–Crippen LogP) is 16.1. The van der Waals surface area contributed by atoms with Crippen LogP contribution in [0.25, 0.3) is 123 Å². The molecule has 0 fully saturated rings. The summed E-state index contributed by atoms with van der Waals surface area (Å²) in [6.45, 7) is 0. The third kappa shape index (κ3) is 6.68. The summed E-state index contributed by atoms with van der Waals surface area (Å²) in [5.41, 5.74) is 16.3. The monoisotopic (exact) mass is 867 g/mol. The van der Waals surface area contributed by atoms with Gasteiger partial charge in [-0.15, -0.1) is 0 Å². The van der Waals surface area contributed by atoms with Crippen molar-refractivity contribution in [3.8, 4) is 78.9 Å². The highest BCUT2D eigenvalue weighted by molar-refractivity contribution is 6.11. The lowest BCUT2D eigenvalue weighted by molar-refractivity contribution is 1.06. The molecule has 3 heterocycles. The number of fused-ring (bicyclic) bond motifs is 6. The van der Waals surface area contributed by atoms with Crippen LogP contribution in [-0.4, -0.2) is 24.1 Å². The van der Waals surface area contributed by atoms with Crippen LogP contribution in [0.4, 0.5) is 0 Å². The van der Waals surface area contributed by atoms with E-state index in [0.29, 0.717) is 17.5 Å². The summed E-state index contributed by atoms with van der Waals surface area (Å²) in [6, 6.07) is 88.2. The molecule has 0 radical (unpaired) electrons. The van der Waals surface area contributed by atoms with Gasteiger partial charge < -0.3 is 9.13 Å². The van der Waals surface area contributed by atoms with E-state index in [9.17, 15) is 0 Å². The standard InChI is InChI=1S/C63H41N5/c1-3-18-42(19-4-1)46-22-17-23-47(40-46)48-38-39-60(68-57-31-14-9-26-51(57)52-27-10-15-32-58(52)68)54(41-48)43-34-36-45(37-35-43)62-64-61(44-20-5-2-6-21-44)65-63(66-62)53-28-11-16-33-59(53)67-55-29-12-7-24-49(55)50-25-8-13-30-56(50)67/h1-41H. The molecule has 13 aromatic rings. The lowest BCUT2D eigenvalue weighted by atomic mass is 9.94. The minimum Gasteiger partial charge on any atom is -0.309 e. The molecule has 5 heteroatoms. The fourth-order valence-electron chi connectivity index (χ4n) is 10.0. The van der Waals surface area contributed by atoms with Gasteiger partial charge in [-0.3, -0.25) is 0 Å². The molecule has 5 nitrogen and oxygen atoms in total. The predicted molar refractivity (Wildman–Crippen MR) is 281 cm³/mol. The van der Waals surface area contributed by atoms with E-state index in [1.165, 1.54) is 32.7 Å². The van der Waals surface area contributed by atoms with Gasteiger partial charge in [0, 0.05) is 43.8 Å². The molecule has 0 N–H and O–H groups in total. The van der Waals surface area contributed by atoms with Crippen molar-refractivity contribution in [3.05, 3.63) is 249 Å². The van der Waals surface area contributed by atoms with Crippen LogP contribution in [0.1, 0.15) is 0 Å². The second kappa shape index (κ2) is 16.4. The molecule has 0 aliphatic rings. The fraction of sp³-hybridized carbons (Fsp3) is 0. The van der Waals surface area contributed by atoms with E-state index in [2.05, 4.69) is 240 Å². The molecule has 68 heavy (non-hydrogen) atoms. The third-order valence-electron chi connectivity index (χ3n) is 13.2. The molecule has 3 aromatic heterocycles. The average Bonchev–Trinajstić information content (AvgIpc) is 3.94. The molecular formula is C63H41N5. The Morgan fingerprint density at radius 3 is 1.15 bits per heavy atom. The molecule has 0 unspecified atom stereocenters. The minimum atomic E-state index is 0.603. The Hall–Kier alpha value is -9.19. The number of aromatic nitrogens is 5. The summed E-state index contributed by atoms with van der Waals surface area (Å²) in [4.78, 5) is 15.7. The smallest absolute Gasteiger partial charge is 0.166 e. The molecule has 318 valence electrons. The molecule has 10 aromatic carbocycles. The van der Waals surface area contributed by atoms with Gasteiger partial charge in [0.1, 0.15) is 0 Å². The Morgan fingerprint density at radius 1 is 0.221 bits per heavy atom. The molecule has 0 atom stereocenters. The maximum absolute atomic E-state index is 5.31. The van der Waals surface area contributed by atoms with Gasteiger partial charge in [0.25, 0.3) is 0 Å². The lowest BCUT2D eigenvalue weighted by Gasteiger charge is -2.17. The first kappa shape index (κ1) is 39.2. The molecule has 0 spiro atoms. The zero-order valence-corrected chi connectivity index (χ0v) is 36.9. The fourth-order valence-corrected chi connectivity index (χ4v) is 10.0. The Bertz CT molecular complexity index is 3910. The van der Waals surface area contributed by atoms with E-state index in [1.54, 1.807) is 0 Å². The zero-order valence-electron chi connectivity index (χ0n) is 36.9. The molecular weight excluding hydrogens is 827 g/mol. The van der Waals surface area contributed by atoms with Gasteiger partial charge in [0.2, 0.25) is 0 Å². The number of hydrogen-bond donors (Lipinski definition) is 0. The quantitative estimate of drug-likeness (QED) is 0.153. The van der Waals surface area contributed by atoms with E-state index in [4.69, 9.17) is 15.0 Å². The van der Waals surface area contributed by atoms with Crippen molar-refractivity contribution in [1.29, 1.82) is 0 Å². The highest BCUT2D eigenvalue weighted by atomic mass is 15.1. The van der Waals surface area contributed by atoms with Gasteiger partial charge in [-0.2, -0.15) is 0 Å². The Labute approximate surface area is 393 Å². The Kier molecular flexibility index (Phi) is 9.43. The molecule has 0 saturated heterocycles. The van der Waals surface area contributed by atoms with Crippen LogP contribution in [0.15, 0.2) is 249 Å². The van der Waals surface area contributed by atoms with Crippen LogP contribution >= 0.6 is 0 Å². The van der Waals surface area contributed by atoms with E-state index in [1.807, 2.05) is 18.2 Å². The largest absolute Gasteiger partial charge is 0.309 e. The maximum Gasteiger partial charge on any atom is 0.166 e. The number of para-hydroxylation sites is 5. The first-order valence-electron chi connectivity index (χ1n) is 23.0. The van der Waals surface area contributed by atoms with Gasteiger partial charge in [-0.1, -0.05) is 194 Å². The van der Waals surface area contributed by atoms with E-state index >= 15 is 0 Å². The van der Waals surface area contributed by atoms with E-state index < -0.39 is 0 Å². The first-order chi connectivity index (χ1) is 33.7. The van der Waals surface area contributed by atoms with Crippen LogP contribution in [0, 0.1) is 0 Å². The number of rotatable bonds is 8. The van der Waals surface area contributed by atoms with Crippen molar-refractivity contribution < 1.29 is 0 Å². The molecule has 0 aliphatic heterocycles.